The van der Waals surface area contributed by atoms with Crippen molar-refractivity contribution in [3.8, 4) is 0 Å². The van der Waals surface area contributed by atoms with E-state index in [1.165, 1.54) is 12.8 Å². The lowest BCUT2D eigenvalue weighted by molar-refractivity contribution is 0.483. The van der Waals surface area contributed by atoms with Crippen molar-refractivity contribution in [3.63, 3.8) is 0 Å². The molecule has 0 aliphatic heterocycles. The first-order chi connectivity index (χ1) is 4.77. The molecule has 0 aromatic heterocycles. The summed E-state index contributed by atoms with van der Waals surface area (Å²) in [7, 11) is 0. The molecule has 2 bridgehead atoms. The smallest absolute Gasteiger partial charge is 0.00227 e. The SMILES string of the molecule is CC1=C[C@H]2CC[C@@H]1C=C2C. The molecule has 0 spiro atoms. The van der Waals surface area contributed by atoms with Crippen LogP contribution in [0.1, 0.15) is 26.7 Å². The Morgan fingerprint density at radius 1 is 1.00 bits per heavy atom. The van der Waals surface area contributed by atoms with Gasteiger partial charge in [-0.25, -0.2) is 0 Å². The molecule has 0 nitrogen and oxygen atoms in total. The van der Waals surface area contributed by atoms with Crippen LogP contribution in [0.4, 0.5) is 0 Å². The summed E-state index contributed by atoms with van der Waals surface area (Å²) in [5.74, 6) is 1.59. The van der Waals surface area contributed by atoms with E-state index in [0.29, 0.717) is 0 Å². The van der Waals surface area contributed by atoms with Gasteiger partial charge in [-0.05, 0) is 38.5 Å². The lowest BCUT2D eigenvalue weighted by atomic mass is 9.73. The van der Waals surface area contributed by atoms with Gasteiger partial charge in [-0.15, -0.1) is 0 Å². The Hall–Kier alpha value is -0.520. The summed E-state index contributed by atoms with van der Waals surface area (Å²) >= 11 is 0. The van der Waals surface area contributed by atoms with Crippen molar-refractivity contribution in [1.29, 1.82) is 0 Å². The molecule has 0 saturated carbocycles. The summed E-state index contributed by atoms with van der Waals surface area (Å²) in [6, 6.07) is 0. The summed E-state index contributed by atoms with van der Waals surface area (Å²) in [6.07, 6.45) is 7.68. The average molecular weight is 134 g/mol. The van der Waals surface area contributed by atoms with E-state index in [2.05, 4.69) is 26.0 Å². The van der Waals surface area contributed by atoms with Gasteiger partial charge in [-0.3, -0.25) is 0 Å². The molecule has 0 heterocycles. The van der Waals surface area contributed by atoms with Crippen molar-refractivity contribution in [2.75, 3.05) is 0 Å². The average Bonchev–Trinajstić information content (AvgIpc) is 1.91. The fraction of sp³-hybridized carbons (Fsp3) is 0.600. The minimum Gasteiger partial charge on any atom is -0.0778 e. The van der Waals surface area contributed by atoms with Gasteiger partial charge >= 0.3 is 0 Å². The van der Waals surface area contributed by atoms with E-state index in [0.717, 1.165) is 11.8 Å². The summed E-state index contributed by atoms with van der Waals surface area (Å²) in [6.45, 7) is 4.53. The maximum absolute atomic E-state index is 2.45. The van der Waals surface area contributed by atoms with Crippen LogP contribution in [-0.4, -0.2) is 0 Å². The number of hydrogen-bond donors (Lipinski definition) is 0. The van der Waals surface area contributed by atoms with Crippen molar-refractivity contribution >= 4 is 0 Å². The van der Waals surface area contributed by atoms with Crippen LogP contribution in [0.15, 0.2) is 23.3 Å². The summed E-state index contributed by atoms with van der Waals surface area (Å²) in [5.41, 5.74) is 3.20. The zero-order valence-corrected chi connectivity index (χ0v) is 6.72. The molecule has 0 fully saturated rings. The minimum absolute atomic E-state index is 0.796. The van der Waals surface area contributed by atoms with E-state index in [1.54, 1.807) is 11.1 Å². The maximum Gasteiger partial charge on any atom is -0.00227 e. The summed E-state index contributed by atoms with van der Waals surface area (Å²) in [4.78, 5) is 0. The highest BCUT2D eigenvalue weighted by atomic mass is 14.3. The van der Waals surface area contributed by atoms with Crippen LogP contribution in [0.3, 0.4) is 0 Å². The Balaban J connectivity index is 2.36. The highest BCUT2D eigenvalue weighted by Crippen LogP contribution is 2.38. The zero-order valence-electron chi connectivity index (χ0n) is 6.72. The van der Waals surface area contributed by atoms with Crippen molar-refractivity contribution in [2.45, 2.75) is 26.7 Å². The highest BCUT2D eigenvalue weighted by molar-refractivity contribution is 5.29. The molecule has 3 aliphatic carbocycles. The van der Waals surface area contributed by atoms with Gasteiger partial charge in [0, 0.05) is 0 Å². The van der Waals surface area contributed by atoms with Crippen molar-refractivity contribution in [3.05, 3.63) is 23.3 Å². The van der Waals surface area contributed by atoms with Gasteiger partial charge in [0.25, 0.3) is 0 Å². The first-order valence-electron chi connectivity index (χ1n) is 4.14. The topological polar surface area (TPSA) is 0 Å². The molecule has 0 N–H and O–H groups in total. The Morgan fingerprint density at radius 3 is 1.60 bits per heavy atom. The molecule has 54 valence electrons. The molecule has 0 amide bonds. The Kier molecular flexibility index (Phi) is 1.23. The predicted octanol–water partition coefficient (Wildman–Crippen LogP) is 2.92. The fourth-order valence-electron chi connectivity index (χ4n) is 2.13. The second-order valence-electron chi connectivity index (χ2n) is 3.61. The number of hydrogen-bond acceptors (Lipinski definition) is 0. The molecule has 0 aromatic rings. The standard InChI is InChI=1S/C10H14/c1-7-5-10-4-3-9(7)6-8(10)2/h5-6,9-10H,3-4H2,1-2H3/t9-,10-/m1/s1. The second kappa shape index (κ2) is 1.98. The van der Waals surface area contributed by atoms with Crippen molar-refractivity contribution in [1.82, 2.24) is 0 Å². The minimum atomic E-state index is 0.796. The number of fused-ring (bicyclic) bond motifs is 1. The first kappa shape index (κ1) is 6.21. The summed E-state index contributed by atoms with van der Waals surface area (Å²) in [5, 5.41) is 0. The van der Waals surface area contributed by atoms with Gasteiger partial charge in [-0.1, -0.05) is 23.3 Å². The first-order valence-corrected chi connectivity index (χ1v) is 4.14. The fourth-order valence-corrected chi connectivity index (χ4v) is 2.13. The Bertz CT molecular complexity index is 184. The molecule has 2 atom stereocenters. The third-order valence-electron chi connectivity index (χ3n) is 2.89. The number of rotatable bonds is 0. The maximum atomic E-state index is 2.45. The van der Waals surface area contributed by atoms with Crippen molar-refractivity contribution in [2.24, 2.45) is 11.8 Å². The lowest BCUT2D eigenvalue weighted by Crippen LogP contribution is -2.18. The molecule has 3 aliphatic rings. The van der Waals surface area contributed by atoms with Crippen LogP contribution in [0.25, 0.3) is 0 Å². The van der Waals surface area contributed by atoms with Gasteiger partial charge in [-0.2, -0.15) is 0 Å². The van der Waals surface area contributed by atoms with E-state index in [1.807, 2.05) is 0 Å². The molecule has 0 saturated heterocycles. The quantitative estimate of drug-likeness (QED) is 0.447. The highest BCUT2D eigenvalue weighted by Gasteiger charge is 2.24. The van der Waals surface area contributed by atoms with Crippen molar-refractivity contribution < 1.29 is 0 Å². The van der Waals surface area contributed by atoms with Gasteiger partial charge in [0.1, 0.15) is 0 Å². The second-order valence-corrected chi connectivity index (χ2v) is 3.61. The van der Waals surface area contributed by atoms with E-state index < -0.39 is 0 Å². The Labute approximate surface area is 62.6 Å². The molecular weight excluding hydrogens is 120 g/mol. The molecule has 0 aromatic carbocycles. The zero-order chi connectivity index (χ0) is 7.14. The monoisotopic (exact) mass is 134 g/mol. The van der Waals surface area contributed by atoms with Crippen LogP contribution in [0.5, 0.6) is 0 Å². The lowest BCUT2D eigenvalue weighted by Gasteiger charge is -2.32. The van der Waals surface area contributed by atoms with Gasteiger partial charge < -0.3 is 0 Å². The largest absolute Gasteiger partial charge is 0.0778 e. The summed E-state index contributed by atoms with van der Waals surface area (Å²) < 4.78 is 0. The predicted molar refractivity (Wildman–Crippen MR) is 43.7 cm³/mol. The normalized spacial score (nSPS) is 37.4. The molecular formula is C10H14. The van der Waals surface area contributed by atoms with E-state index in [4.69, 9.17) is 0 Å². The molecule has 0 heteroatoms. The van der Waals surface area contributed by atoms with E-state index in [-0.39, 0.29) is 0 Å². The molecule has 10 heavy (non-hydrogen) atoms. The van der Waals surface area contributed by atoms with Crippen LogP contribution < -0.4 is 0 Å². The van der Waals surface area contributed by atoms with Crippen LogP contribution in [-0.2, 0) is 0 Å². The number of allylic oxidation sites excluding steroid dienone is 4. The Morgan fingerprint density at radius 2 is 1.40 bits per heavy atom. The van der Waals surface area contributed by atoms with Crippen LogP contribution in [0.2, 0.25) is 0 Å². The van der Waals surface area contributed by atoms with E-state index in [9.17, 15) is 0 Å². The van der Waals surface area contributed by atoms with E-state index >= 15 is 0 Å². The molecule has 0 radical (unpaired) electrons. The third-order valence-corrected chi connectivity index (χ3v) is 2.89. The third kappa shape index (κ3) is 0.749. The van der Waals surface area contributed by atoms with Gasteiger partial charge in [0.05, 0.1) is 0 Å². The van der Waals surface area contributed by atoms with Crippen LogP contribution in [0, 0.1) is 11.8 Å². The molecule has 0 unspecified atom stereocenters. The molecule has 3 rings (SSSR count). The van der Waals surface area contributed by atoms with Gasteiger partial charge in [0.15, 0.2) is 0 Å². The van der Waals surface area contributed by atoms with Crippen LogP contribution >= 0.6 is 0 Å². The van der Waals surface area contributed by atoms with Gasteiger partial charge in [0.2, 0.25) is 0 Å².